The number of nitriles is 1. The van der Waals surface area contributed by atoms with E-state index in [9.17, 15) is 9.59 Å². The van der Waals surface area contributed by atoms with Crippen LogP contribution in [0.25, 0.3) is 11.3 Å². The van der Waals surface area contributed by atoms with Gasteiger partial charge in [-0.05, 0) is 49.4 Å². The standard InChI is InChI=1S/C20H18N4O3/c21-11-13-1-3-15(4-2-13)17-7-16(22-27-17)12-23-5-6-24(19(26)18(23)25)20-8-14(9-20)10-20/h1-4,7,14H,5-6,8-10,12H2. The minimum atomic E-state index is -0.450. The topological polar surface area (TPSA) is 90.4 Å². The van der Waals surface area contributed by atoms with Gasteiger partial charge < -0.3 is 14.3 Å². The third-order valence-corrected chi connectivity index (χ3v) is 6.10. The Morgan fingerprint density at radius 2 is 1.89 bits per heavy atom. The molecule has 136 valence electrons. The summed E-state index contributed by atoms with van der Waals surface area (Å²) in [7, 11) is 0. The molecule has 1 saturated heterocycles. The lowest BCUT2D eigenvalue weighted by Crippen LogP contribution is -2.73. The van der Waals surface area contributed by atoms with Gasteiger partial charge >= 0.3 is 11.8 Å². The Bertz CT molecular complexity index is 955. The highest BCUT2D eigenvalue weighted by molar-refractivity contribution is 6.35. The predicted molar refractivity (Wildman–Crippen MR) is 93.9 cm³/mol. The fourth-order valence-corrected chi connectivity index (χ4v) is 4.47. The Balaban J connectivity index is 1.27. The van der Waals surface area contributed by atoms with Crippen molar-refractivity contribution in [3.05, 3.63) is 41.6 Å². The van der Waals surface area contributed by atoms with Crippen molar-refractivity contribution in [1.82, 2.24) is 15.0 Å². The van der Waals surface area contributed by atoms with Crippen LogP contribution in [0.5, 0.6) is 0 Å². The van der Waals surface area contributed by atoms with Gasteiger partial charge in [0.15, 0.2) is 5.76 Å². The van der Waals surface area contributed by atoms with Crippen molar-refractivity contribution in [3.63, 3.8) is 0 Å². The summed E-state index contributed by atoms with van der Waals surface area (Å²) >= 11 is 0. The number of hydrogen-bond donors (Lipinski definition) is 0. The number of carbonyl (C=O) groups excluding carboxylic acids is 2. The van der Waals surface area contributed by atoms with Gasteiger partial charge in [-0.25, -0.2) is 0 Å². The van der Waals surface area contributed by atoms with E-state index in [0.717, 1.165) is 30.7 Å². The molecule has 4 aliphatic rings. The Labute approximate surface area is 156 Å². The third-order valence-electron chi connectivity index (χ3n) is 6.10. The quantitative estimate of drug-likeness (QED) is 0.775. The highest BCUT2D eigenvalue weighted by Gasteiger charge is 2.62. The van der Waals surface area contributed by atoms with Crippen LogP contribution in [0, 0.1) is 17.2 Å². The highest BCUT2D eigenvalue weighted by atomic mass is 16.5. The van der Waals surface area contributed by atoms with Crippen LogP contribution in [-0.4, -0.2) is 45.4 Å². The van der Waals surface area contributed by atoms with E-state index in [4.69, 9.17) is 9.78 Å². The second-order valence-electron chi connectivity index (χ2n) is 7.76. The van der Waals surface area contributed by atoms with Gasteiger partial charge in [-0.3, -0.25) is 9.59 Å². The Morgan fingerprint density at radius 1 is 1.15 bits per heavy atom. The Kier molecular flexibility index (Phi) is 3.38. The van der Waals surface area contributed by atoms with Gasteiger partial charge in [0.05, 0.1) is 18.2 Å². The molecule has 7 nitrogen and oxygen atoms in total. The van der Waals surface area contributed by atoms with Crippen LogP contribution in [0.15, 0.2) is 34.9 Å². The highest BCUT2D eigenvalue weighted by Crippen LogP contribution is 2.60. The maximum atomic E-state index is 12.5. The summed E-state index contributed by atoms with van der Waals surface area (Å²) in [4.78, 5) is 28.4. The number of carbonyl (C=O) groups is 2. The molecule has 27 heavy (non-hydrogen) atoms. The molecule has 3 aliphatic carbocycles. The van der Waals surface area contributed by atoms with Crippen molar-refractivity contribution in [2.75, 3.05) is 13.1 Å². The van der Waals surface area contributed by atoms with Crippen molar-refractivity contribution < 1.29 is 14.1 Å². The van der Waals surface area contributed by atoms with Crippen molar-refractivity contribution in [1.29, 1.82) is 5.26 Å². The zero-order chi connectivity index (χ0) is 18.6. The SMILES string of the molecule is N#Cc1ccc(-c2cc(CN3CCN(C45CC(C4)C5)C(=O)C3=O)no2)cc1. The summed E-state index contributed by atoms with van der Waals surface area (Å²) in [5.74, 6) is 0.506. The van der Waals surface area contributed by atoms with Crippen molar-refractivity contribution in [2.45, 2.75) is 31.3 Å². The van der Waals surface area contributed by atoms with Gasteiger partial charge in [-0.2, -0.15) is 5.26 Å². The first-order valence-electron chi connectivity index (χ1n) is 9.15. The third kappa shape index (κ3) is 2.44. The lowest BCUT2D eigenvalue weighted by atomic mass is 9.49. The average Bonchev–Trinajstić information content (AvgIpc) is 3.07. The number of hydrogen-bond acceptors (Lipinski definition) is 5. The molecule has 0 atom stereocenters. The molecule has 0 unspecified atom stereocenters. The smallest absolute Gasteiger partial charge is 0.312 e. The predicted octanol–water partition coefficient (Wildman–Crippen LogP) is 1.94. The second-order valence-corrected chi connectivity index (χ2v) is 7.76. The van der Waals surface area contributed by atoms with E-state index in [1.807, 2.05) is 0 Å². The summed E-state index contributed by atoms with van der Waals surface area (Å²) in [5.41, 5.74) is 1.97. The van der Waals surface area contributed by atoms with Crippen LogP contribution in [0.3, 0.4) is 0 Å². The first-order valence-corrected chi connectivity index (χ1v) is 9.15. The minimum Gasteiger partial charge on any atom is -0.356 e. The number of piperazine rings is 1. The van der Waals surface area contributed by atoms with E-state index >= 15 is 0 Å². The van der Waals surface area contributed by atoms with E-state index in [2.05, 4.69) is 11.2 Å². The molecule has 0 spiro atoms. The van der Waals surface area contributed by atoms with E-state index in [1.165, 1.54) is 0 Å². The van der Waals surface area contributed by atoms with Gasteiger partial charge in [0.2, 0.25) is 0 Å². The number of aromatic nitrogens is 1. The molecule has 1 aromatic heterocycles. The largest absolute Gasteiger partial charge is 0.356 e. The summed E-state index contributed by atoms with van der Waals surface area (Å²) < 4.78 is 5.37. The Hall–Kier alpha value is -3.14. The van der Waals surface area contributed by atoms with Crippen LogP contribution in [0.4, 0.5) is 0 Å². The van der Waals surface area contributed by atoms with Crippen LogP contribution in [0.2, 0.25) is 0 Å². The van der Waals surface area contributed by atoms with Gasteiger partial charge in [0.25, 0.3) is 0 Å². The number of nitrogens with zero attached hydrogens (tertiary/aromatic N) is 4. The second kappa shape index (κ2) is 5.68. The van der Waals surface area contributed by atoms with E-state index in [0.29, 0.717) is 30.1 Å². The molecular weight excluding hydrogens is 344 g/mol. The van der Waals surface area contributed by atoms with E-state index < -0.39 is 5.91 Å². The Morgan fingerprint density at radius 3 is 2.52 bits per heavy atom. The van der Waals surface area contributed by atoms with Gasteiger partial charge in [0.1, 0.15) is 5.69 Å². The number of amides is 2. The summed E-state index contributed by atoms with van der Waals surface area (Å²) in [5, 5.41) is 12.9. The lowest BCUT2D eigenvalue weighted by molar-refractivity contribution is -0.186. The molecule has 6 rings (SSSR count). The molecule has 7 heteroatoms. The fourth-order valence-electron chi connectivity index (χ4n) is 4.47. The first-order chi connectivity index (χ1) is 13.1. The molecule has 4 fully saturated rings. The average molecular weight is 362 g/mol. The number of benzene rings is 1. The molecule has 2 bridgehead atoms. The van der Waals surface area contributed by atoms with Gasteiger partial charge in [-0.15, -0.1) is 0 Å². The molecule has 0 N–H and O–H groups in total. The molecule has 0 radical (unpaired) electrons. The summed E-state index contributed by atoms with van der Waals surface area (Å²) in [6.45, 7) is 1.38. The van der Waals surface area contributed by atoms with Crippen LogP contribution in [-0.2, 0) is 16.1 Å². The molecule has 2 heterocycles. The molecule has 2 aromatic rings. The lowest BCUT2D eigenvalue weighted by Gasteiger charge is -2.66. The molecule has 1 aliphatic heterocycles. The van der Waals surface area contributed by atoms with Crippen molar-refractivity contribution in [2.24, 2.45) is 5.92 Å². The van der Waals surface area contributed by atoms with Crippen molar-refractivity contribution in [3.8, 4) is 17.4 Å². The van der Waals surface area contributed by atoms with Gasteiger partial charge in [0, 0.05) is 30.3 Å². The summed E-state index contributed by atoms with van der Waals surface area (Å²) in [6.07, 6.45) is 3.18. The fraction of sp³-hybridized carbons (Fsp3) is 0.400. The molecule has 2 amide bonds. The van der Waals surface area contributed by atoms with Crippen LogP contribution >= 0.6 is 0 Å². The van der Waals surface area contributed by atoms with Crippen LogP contribution < -0.4 is 0 Å². The minimum absolute atomic E-state index is 0.0137. The van der Waals surface area contributed by atoms with Gasteiger partial charge in [-0.1, -0.05) is 5.16 Å². The van der Waals surface area contributed by atoms with E-state index in [1.54, 1.807) is 40.1 Å². The monoisotopic (exact) mass is 362 g/mol. The maximum Gasteiger partial charge on any atom is 0.312 e. The normalized spacial score (nSPS) is 26.4. The maximum absolute atomic E-state index is 12.5. The summed E-state index contributed by atoms with van der Waals surface area (Å²) in [6, 6.07) is 10.9. The first kappa shape index (κ1) is 16.1. The zero-order valence-corrected chi connectivity index (χ0v) is 14.7. The van der Waals surface area contributed by atoms with Crippen molar-refractivity contribution >= 4 is 11.8 Å². The molecular formula is C20H18N4O3. The van der Waals surface area contributed by atoms with E-state index in [-0.39, 0.29) is 18.0 Å². The molecule has 3 saturated carbocycles. The molecule has 1 aromatic carbocycles. The number of rotatable bonds is 4. The van der Waals surface area contributed by atoms with Crippen LogP contribution in [0.1, 0.15) is 30.5 Å². The zero-order valence-electron chi connectivity index (χ0n) is 14.7.